The van der Waals surface area contributed by atoms with Crippen molar-refractivity contribution in [1.29, 1.82) is 0 Å². The molecule has 1 aliphatic carbocycles. The Morgan fingerprint density at radius 3 is 3.08 bits per heavy atom. The van der Waals surface area contributed by atoms with Gasteiger partial charge in [0.15, 0.2) is 0 Å². The normalized spacial score (nSPS) is 22.9. The molecule has 0 aromatic heterocycles. The lowest BCUT2D eigenvalue weighted by Crippen LogP contribution is -1.99. The molecule has 2 nitrogen and oxygen atoms in total. The van der Waals surface area contributed by atoms with E-state index in [4.69, 9.17) is 0 Å². The molecule has 0 radical (unpaired) electrons. The van der Waals surface area contributed by atoms with Gasteiger partial charge in [-0.15, -0.1) is 0 Å². The average molecular weight is 166 g/mol. The van der Waals surface area contributed by atoms with Gasteiger partial charge in [-0.3, -0.25) is 0 Å². The van der Waals surface area contributed by atoms with Crippen molar-refractivity contribution in [2.75, 3.05) is 7.11 Å². The molecule has 0 bridgehead atoms. The number of carbonyl (C=O) groups is 1. The van der Waals surface area contributed by atoms with Crippen molar-refractivity contribution in [3.8, 4) is 0 Å². The fraction of sp³-hybridized carbons (Fsp3) is 0.500. The molecular formula is C10H14O2. The summed E-state index contributed by atoms with van der Waals surface area (Å²) in [6.07, 6.45) is 11.2. The highest BCUT2D eigenvalue weighted by Crippen LogP contribution is 2.17. The summed E-state index contributed by atoms with van der Waals surface area (Å²) in [5.74, 6) is 0.159. The van der Waals surface area contributed by atoms with Gasteiger partial charge in [-0.05, 0) is 25.2 Å². The van der Waals surface area contributed by atoms with E-state index in [2.05, 4.69) is 16.9 Å². The lowest BCUT2D eigenvalue weighted by atomic mass is 9.96. The fourth-order valence-electron chi connectivity index (χ4n) is 1.27. The van der Waals surface area contributed by atoms with Gasteiger partial charge in [-0.2, -0.15) is 0 Å². The summed E-state index contributed by atoms with van der Waals surface area (Å²) >= 11 is 0. The predicted molar refractivity (Wildman–Crippen MR) is 47.6 cm³/mol. The van der Waals surface area contributed by atoms with Crippen LogP contribution in [0.15, 0.2) is 24.3 Å². The molecule has 0 N–H and O–H groups in total. The summed E-state index contributed by atoms with van der Waals surface area (Å²) in [4.78, 5) is 10.7. The number of rotatable bonds is 2. The standard InChI is InChI=1S/C10H14O2/c1-12-10(11)8-7-9-5-3-2-4-6-9/h3,5,7-9H,2,4,6H2,1H3/b8-7-. The number of methoxy groups -OCH3 is 1. The molecule has 0 saturated heterocycles. The molecule has 2 heteroatoms. The number of hydrogen-bond donors (Lipinski definition) is 0. The summed E-state index contributed by atoms with van der Waals surface area (Å²) < 4.78 is 4.49. The van der Waals surface area contributed by atoms with Crippen molar-refractivity contribution in [1.82, 2.24) is 0 Å². The van der Waals surface area contributed by atoms with Crippen LogP contribution in [0.2, 0.25) is 0 Å². The Morgan fingerprint density at radius 2 is 2.50 bits per heavy atom. The van der Waals surface area contributed by atoms with Gasteiger partial charge >= 0.3 is 5.97 Å². The Balaban J connectivity index is 2.38. The molecule has 1 aliphatic rings. The topological polar surface area (TPSA) is 26.3 Å². The van der Waals surface area contributed by atoms with Crippen LogP contribution in [0.1, 0.15) is 19.3 Å². The molecule has 0 aromatic carbocycles. The van der Waals surface area contributed by atoms with Crippen molar-refractivity contribution >= 4 is 5.97 Å². The molecule has 66 valence electrons. The second-order valence-electron chi connectivity index (χ2n) is 2.91. The van der Waals surface area contributed by atoms with E-state index in [9.17, 15) is 4.79 Å². The molecule has 0 heterocycles. The third kappa shape index (κ3) is 2.91. The molecule has 12 heavy (non-hydrogen) atoms. The fourth-order valence-corrected chi connectivity index (χ4v) is 1.27. The summed E-state index contributed by atoms with van der Waals surface area (Å²) in [6, 6.07) is 0. The van der Waals surface area contributed by atoms with Crippen LogP contribution in [0.25, 0.3) is 0 Å². The van der Waals surface area contributed by atoms with Crippen LogP contribution >= 0.6 is 0 Å². The highest BCUT2D eigenvalue weighted by molar-refractivity contribution is 5.81. The van der Waals surface area contributed by atoms with Gasteiger partial charge in [0.1, 0.15) is 0 Å². The van der Waals surface area contributed by atoms with Gasteiger partial charge < -0.3 is 4.74 Å². The minimum atomic E-state index is -0.269. The van der Waals surface area contributed by atoms with Gasteiger partial charge in [0.05, 0.1) is 7.11 Å². The monoisotopic (exact) mass is 166 g/mol. The smallest absolute Gasteiger partial charge is 0.330 e. The molecule has 0 saturated carbocycles. The van der Waals surface area contributed by atoms with Crippen molar-refractivity contribution < 1.29 is 9.53 Å². The first-order chi connectivity index (χ1) is 5.83. The zero-order valence-electron chi connectivity index (χ0n) is 7.32. The molecule has 0 aromatic rings. The highest BCUT2D eigenvalue weighted by Gasteiger charge is 2.04. The third-order valence-corrected chi connectivity index (χ3v) is 1.97. The first-order valence-corrected chi connectivity index (χ1v) is 4.26. The van der Waals surface area contributed by atoms with Gasteiger partial charge in [-0.1, -0.05) is 18.2 Å². The molecule has 1 rings (SSSR count). The van der Waals surface area contributed by atoms with Gasteiger partial charge in [0.25, 0.3) is 0 Å². The van der Waals surface area contributed by atoms with Crippen LogP contribution in [0.5, 0.6) is 0 Å². The van der Waals surface area contributed by atoms with E-state index >= 15 is 0 Å². The van der Waals surface area contributed by atoms with E-state index in [0.717, 1.165) is 6.42 Å². The average Bonchev–Trinajstić information content (AvgIpc) is 2.16. The Kier molecular flexibility index (Phi) is 3.58. The van der Waals surface area contributed by atoms with Crippen molar-refractivity contribution in [3.05, 3.63) is 24.3 Å². The van der Waals surface area contributed by atoms with E-state index in [-0.39, 0.29) is 5.97 Å². The second-order valence-corrected chi connectivity index (χ2v) is 2.91. The third-order valence-electron chi connectivity index (χ3n) is 1.97. The number of allylic oxidation sites excluding steroid dienone is 3. The number of esters is 1. The Bertz CT molecular complexity index is 204. The van der Waals surface area contributed by atoms with Crippen LogP contribution in [0.4, 0.5) is 0 Å². The predicted octanol–water partition coefficient (Wildman–Crippen LogP) is 2.07. The highest BCUT2D eigenvalue weighted by atomic mass is 16.5. The first kappa shape index (κ1) is 9.04. The summed E-state index contributed by atoms with van der Waals surface area (Å²) in [6.45, 7) is 0. The van der Waals surface area contributed by atoms with Crippen molar-refractivity contribution in [2.45, 2.75) is 19.3 Å². The molecule has 0 spiro atoms. The first-order valence-electron chi connectivity index (χ1n) is 4.26. The quantitative estimate of drug-likeness (QED) is 0.356. The zero-order chi connectivity index (χ0) is 8.81. The van der Waals surface area contributed by atoms with Crippen LogP contribution in [0, 0.1) is 5.92 Å². The van der Waals surface area contributed by atoms with Crippen molar-refractivity contribution in [3.63, 3.8) is 0 Å². The molecule has 0 amide bonds. The van der Waals surface area contributed by atoms with E-state index in [1.807, 2.05) is 6.08 Å². The van der Waals surface area contributed by atoms with Crippen LogP contribution in [0.3, 0.4) is 0 Å². The van der Waals surface area contributed by atoms with Crippen LogP contribution in [-0.2, 0) is 9.53 Å². The maximum Gasteiger partial charge on any atom is 0.330 e. The van der Waals surface area contributed by atoms with E-state index in [1.165, 1.54) is 26.0 Å². The van der Waals surface area contributed by atoms with Crippen LogP contribution in [-0.4, -0.2) is 13.1 Å². The van der Waals surface area contributed by atoms with Gasteiger partial charge in [0, 0.05) is 6.08 Å². The SMILES string of the molecule is COC(=O)/C=C\C1C=CCCC1. The number of carbonyl (C=O) groups excluding carboxylic acids is 1. The van der Waals surface area contributed by atoms with E-state index in [0.29, 0.717) is 5.92 Å². The molecule has 0 aliphatic heterocycles. The van der Waals surface area contributed by atoms with Crippen LogP contribution < -0.4 is 0 Å². The number of hydrogen-bond acceptors (Lipinski definition) is 2. The summed E-state index contributed by atoms with van der Waals surface area (Å²) in [5.41, 5.74) is 0. The lowest BCUT2D eigenvalue weighted by molar-refractivity contribution is -0.134. The largest absolute Gasteiger partial charge is 0.466 e. The minimum Gasteiger partial charge on any atom is -0.466 e. The van der Waals surface area contributed by atoms with Gasteiger partial charge in [0.2, 0.25) is 0 Å². The summed E-state index contributed by atoms with van der Waals surface area (Å²) in [7, 11) is 1.39. The maximum atomic E-state index is 10.7. The molecular weight excluding hydrogens is 152 g/mol. The number of ether oxygens (including phenoxy) is 1. The maximum absolute atomic E-state index is 10.7. The molecule has 0 fully saturated rings. The van der Waals surface area contributed by atoms with E-state index in [1.54, 1.807) is 0 Å². The van der Waals surface area contributed by atoms with E-state index < -0.39 is 0 Å². The molecule has 1 atom stereocenters. The summed E-state index contributed by atoms with van der Waals surface area (Å²) in [5, 5.41) is 0. The second kappa shape index (κ2) is 4.75. The minimum absolute atomic E-state index is 0.269. The zero-order valence-corrected chi connectivity index (χ0v) is 7.32. The van der Waals surface area contributed by atoms with Gasteiger partial charge in [-0.25, -0.2) is 4.79 Å². The van der Waals surface area contributed by atoms with Crippen molar-refractivity contribution in [2.24, 2.45) is 5.92 Å². The lowest BCUT2D eigenvalue weighted by Gasteiger charge is -2.10. The Morgan fingerprint density at radius 1 is 1.67 bits per heavy atom. The Labute approximate surface area is 72.9 Å². The Hall–Kier alpha value is -1.05. The molecule has 1 unspecified atom stereocenters.